The molecule has 1 aromatic rings. The fraction of sp³-hybridized carbons (Fsp3) is 0.250. The summed E-state index contributed by atoms with van der Waals surface area (Å²) in [6, 6.07) is 0.694. The summed E-state index contributed by atoms with van der Waals surface area (Å²) >= 11 is 0. The van der Waals surface area contributed by atoms with Crippen LogP contribution in [-0.2, 0) is 0 Å². The lowest BCUT2D eigenvalue weighted by Gasteiger charge is -2.06. The summed E-state index contributed by atoms with van der Waals surface area (Å²) in [4.78, 5) is 23.6. The van der Waals surface area contributed by atoms with Crippen LogP contribution >= 0.6 is 0 Å². The largest absolute Gasteiger partial charge is 0.478 e. The highest BCUT2D eigenvalue weighted by molar-refractivity contribution is 5.92. The number of carboxylic acids is 1. The van der Waals surface area contributed by atoms with Crippen LogP contribution in [0.5, 0.6) is 0 Å². The van der Waals surface area contributed by atoms with Crippen LogP contribution in [0.4, 0.5) is 10.2 Å². The number of anilines is 1. The van der Waals surface area contributed by atoms with E-state index in [4.69, 9.17) is 5.11 Å². The number of rotatable bonds is 3. The Morgan fingerprint density at radius 3 is 2.86 bits per heavy atom. The fourth-order valence-corrected chi connectivity index (χ4v) is 0.990. The second-order valence-corrected chi connectivity index (χ2v) is 2.57. The molecule has 1 aromatic heterocycles. The van der Waals surface area contributed by atoms with Gasteiger partial charge in [0.25, 0.3) is 5.56 Å². The molecule has 0 aromatic carbocycles. The zero-order valence-electron chi connectivity index (χ0n) is 7.43. The minimum absolute atomic E-state index is 0.0198. The molecule has 0 spiro atoms. The molecule has 0 aliphatic heterocycles. The van der Waals surface area contributed by atoms with Crippen LogP contribution in [-0.4, -0.2) is 22.6 Å². The quantitative estimate of drug-likeness (QED) is 0.668. The molecule has 0 fully saturated rings. The predicted octanol–water partition coefficient (Wildman–Crippen LogP) is 0.644. The highest BCUT2D eigenvalue weighted by Crippen LogP contribution is 2.10. The first kappa shape index (κ1) is 10.2. The van der Waals surface area contributed by atoms with Crippen molar-refractivity contribution in [3.05, 3.63) is 27.8 Å². The topological polar surface area (TPSA) is 82.2 Å². The van der Waals surface area contributed by atoms with Crippen LogP contribution < -0.4 is 10.9 Å². The van der Waals surface area contributed by atoms with Crippen molar-refractivity contribution < 1.29 is 14.3 Å². The molecule has 0 bridgehead atoms. The minimum atomic E-state index is -1.30. The highest BCUT2D eigenvalue weighted by Gasteiger charge is 2.13. The van der Waals surface area contributed by atoms with Crippen LogP contribution in [0.3, 0.4) is 0 Å². The Hall–Kier alpha value is -1.85. The van der Waals surface area contributed by atoms with Gasteiger partial charge in [0.2, 0.25) is 0 Å². The zero-order valence-corrected chi connectivity index (χ0v) is 7.43. The SMILES string of the molecule is CCNc1[nH]c(=O)c(F)cc1C(=O)O. The number of H-pyrrole nitrogens is 1. The van der Waals surface area contributed by atoms with Gasteiger partial charge in [-0.05, 0) is 13.0 Å². The van der Waals surface area contributed by atoms with Crippen LogP contribution in [0, 0.1) is 5.82 Å². The number of carboxylic acid groups (broad SMARTS) is 1. The average Bonchev–Trinajstić information content (AvgIpc) is 2.11. The van der Waals surface area contributed by atoms with E-state index < -0.39 is 17.3 Å². The van der Waals surface area contributed by atoms with E-state index in [1.807, 2.05) is 0 Å². The predicted molar refractivity (Wildman–Crippen MR) is 48.1 cm³/mol. The van der Waals surface area contributed by atoms with Crippen molar-refractivity contribution in [1.82, 2.24) is 4.98 Å². The van der Waals surface area contributed by atoms with Gasteiger partial charge in [-0.1, -0.05) is 0 Å². The number of aromatic amines is 1. The molecule has 6 heteroatoms. The monoisotopic (exact) mass is 200 g/mol. The third-order valence-corrected chi connectivity index (χ3v) is 1.58. The molecule has 1 rings (SSSR count). The van der Waals surface area contributed by atoms with E-state index in [1.54, 1.807) is 6.92 Å². The Morgan fingerprint density at radius 2 is 2.36 bits per heavy atom. The third-order valence-electron chi connectivity index (χ3n) is 1.58. The maximum absolute atomic E-state index is 12.7. The third kappa shape index (κ3) is 1.90. The molecule has 0 radical (unpaired) electrons. The van der Waals surface area contributed by atoms with Crippen molar-refractivity contribution in [2.45, 2.75) is 6.92 Å². The van der Waals surface area contributed by atoms with Gasteiger partial charge in [0, 0.05) is 6.54 Å². The smallest absolute Gasteiger partial charge is 0.339 e. The van der Waals surface area contributed by atoms with E-state index in [0.29, 0.717) is 12.6 Å². The van der Waals surface area contributed by atoms with Crippen molar-refractivity contribution in [2.75, 3.05) is 11.9 Å². The van der Waals surface area contributed by atoms with E-state index in [9.17, 15) is 14.0 Å². The van der Waals surface area contributed by atoms with E-state index in [1.165, 1.54) is 0 Å². The lowest BCUT2D eigenvalue weighted by atomic mass is 10.2. The van der Waals surface area contributed by atoms with E-state index >= 15 is 0 Å². The molecule has 0 amide bonds. The number of aromatic nitrogens is 1. The van der Waals surface area contributed by atoms with Crippen LogP contribution in [0.25, 0.3) is 0 Å². The van der Waals surface area contributed by atoms with Crippen molar-refractivity contribution in [3.63, 3.8) is 0 Å². The Kier molecular flexibility index (Phi) is 2.85. The number of pyridine rings is 1. The molecule has 0 saturated heterocycles. The van der Waals surface area contributed by atoms with Crippen LogP contribution in [0.1, 0.15) is 17.3 Å². The summed E-state index contributed by atoms with van der Waals surface area (Å²) in [7, 11) is 0. The van der Waals surface area contributed by atoms with E-state index in [0.717, 1.165) is 0 Å². The Balaban J connectivity index is 3.31. The van der Waals surface area contributed by atoms with Gasteiger partial charge in [-0.3, -0.25) is 4.79 Å². The van der Waals surface area contributed by atoms with Crippen molar-refractivity contribution in [1.29, 1.82) is 0 Å². The Bertz CT molecular complexity index is 414. The Labute approximate surface area is 78.6 Å². The van der Waals surface area contributed by atoms with E-state index in [-0.39, 0.29) is 11.4 Å². The molecule has 3 N–H and O–H groups in total. The lowest BCUT2D eigenvalue weighted by molar-refractivity contribution is 0.0697. The first-order valence-corrected chi connectivity index (χ1v) is 3.96. The standard InChI is InChI=1S/C8H9FN2O3/c1-2-10-6-4(8(13)14)3-5(9)7(12)11-6/h3H,2H2,1H3,(H,13,14)(H2,10,11,12). The molecule has 0 atom stereocenters. The second kappa shape index (κ2) is 3.91. The first-order chi connectivity index (χ1) is 6.56. The maximum atomic E-state index is 12.7. The number of carbonyl (C=O) groups is 1. The zero-order chi connectivity index (χ0) is 10.7. The molecule has 0 aliphatic carbocycles. The number of aromatic carboxylic acids is 1. The average molecular weight is 200 g/mol. The number of halogens is 1. The van der Waals surface area contributed by atoms with Gasteiger partial charge in [-0.2, -0.15) is 0 Å². The van der Waals surface area contributed by atoms with Crippen molar-refractivity contribution >= 4 is 11.8 Å². The Morgan fingerprint density at radius 1 is 1.71 bits per heavy atom. The first-order valence-electron chi connectivity index (χ1n) is 3.96. The molecule has 0 aliphatic rings. The molecule has 0 saturated carbocycles. The van der Waals surface area contributed by atoms with Crippen LogP contribution in [0.15, 0.2) is 10.9 Å². The molecule has 5 nitrogen and oxygen atoms in total. The van der Waals surface area contributed by atoms with Crippen molar-refractivity contribution in [2.24, 2.45) is 0 Å². The molecule has 14 heavy (non-hydrogen) atoms. The number of nitrogens with one attached hydrogen (secondary N) is 2. The van der Waals surface area contributed by atoms with Gasteiger partial charge < -0.3 is 15.4 Å². The molecule has 1 heterocycles. The summed E-state index contributed by atoms with van der Waals surface area (Å²) in [5, 5.41) is 11.3. The van der Waals surface area contributed by atoms with Gasteiger partial charge in [0.05, 0.1) is 0 Å². The highest BCUT2D eigenvalue weighted by atomic mass is 19.1. The lowest BCUT2D eigenvalue weighted by Crippen LogP contribution is -2.18. The van der Waals surface area contributed by atoms with Gasteiger partial charge in [0.1, 0.15) is 11.4 Å². The van der Waals surface area contributed by atoms with Gasteiger partial charge >= 0.3 is 5.97 Å². The van der Waals surface area contributed by atoms with Crippen molar-refractivity contribution in [3.8, 4) is 0 Å². The van der Waals surface area contributed by atoms with Gasteiger partial charge in [-0.15, -0.1) is 0 Å². The van der Waals surface area contributed by atoms with Gasteiger partial charge in [0.15, 0.2) is 5.82 Å². The number of hydrogen-bond acceptors (Lipinski definition) is 3. The molecule has 0 unspecified atom stereocenters. The summed E-state index contributed by atoms with van der Waals surface area (Å²) < 4.78 is 12.7. The van der Waals surface area contributed by atoms with Crippen LogP contribution in [0.2, 0.25) is 0 Å². The second-order valence-electron chi connectivity index (χ2n) is 2.57. The van der Waals surface area contributed by atoms with E-state index in [2.05, 4.69) is 10.3 Å². The summed E-state index contributed by atoms with van der Waals surface area (Å²) in [5.74, 6) is -2.38. The molecule has 76 valence electrons. The maximum Gasteiger partial charge on any atom is 0.339 e. The fourth-order valence-electron chi connectivity index (χ4n) is 0.990. The summed E-state index contributed by atoms with van der Waals surface area (Å²) in [5.41, 5.74) is -1.23. The minimum Gasteiger partial charge on any atom is -0.478 e. The summed E-state index contributed by atoms with van der Waals surface area (Å²) in [6.45, 7) is 2.16. The molecular formula is C8H9FN2O3. The summed E-state index contributed by atoms with van der Waals surface area (Å²) in [6.07, 6.45) is 0. The normalized spacial score (nSPS) is 9.86. The van der Waals surface area contributed by atoms with Gasteiger partial charge in [-0.25, -0.2) is 9.18 Å². The number of hydrogen-bond donors (Lipinski definition) is 3. The molecular weight excluding hydrogens is 191 g/mol.